The van der Waals surface area contributed by atoms with E-state index >= 15 is 0 Å². The topological polar surface area (TPSA) is 110 Å². The Bertz CT molecular complexity index is 1060. The van der Waals surface area contributed by atoms with E-state index in [0.717, 1.165) is 27.8 Å². The van der Waals surface area contributed by atoms with E-state index in [9.17, 15) is 23.3 Å². The van der Waals surface area contributed by atoms with Crippen LogP contribution < -0.4 is 9.62 Å². The Labute approximate surface area is 183 Å². The molecule has 0 radical (unpaired) electrons. The number of anilines is 1. The summed E-state index contributed by atoms with van der Waals surface area (Å²) >= 11 is 0. The maximum Gasteiger partial charge on any atom is 0.271 e. The predicted molar refractivity (Wildman–Crippen MR) is 122 cm³/mol. The largest absolute Gasteiger partial charge is 0.348 e. The second kappa shape index (κ2) is 9.05. The number of nitrogens with zero attached hydrogens (tertiary/aromatic N) is 2. The SMILES string of the molecule is C[C@H](NC(=O)[C@H](C)N(c1cccc([N+](=O)[O-])c1)S(C)(=O)=O)c1ccc(C(C)(C)C)cc1. The average Bonchev–Trinajstić information content (AvgIpc) is 2.66. The molecule has 1 amide bonds. The highest BCUT2D eigenvalue weighted by Crippen LogP contribution is 2.26. The molecule has 0 unspecified atom stereocenters. The molecular weight excluding hydrogens is 418 g/mol. The van der Waals surface area contributed by atoms with E-state index in [0.29, 0.717) is 0 Å². The standard InChI is InChI=1S/C22H29N3O5S/c1-15(17-10-12-18(13-11-17)22(3,4)5)23-21(26)16(2)24(31(6,29)30)19-8-7-9-20(14-19)25(27)28/h7-16H,1-6H3,(H,23,26)/t15-,16-/m0/s1. The molecule has 2 aromatic rings. The molecule has 0 aliphatic carbocycles. The fourth-order valence-corrected chi connectivity index (χ4v) is 4.41. The van der Waals surface area contributed by atoms with Crippen LogP contribution in [0.15, 0.2) is 48.5 Å². The van der Waals surface area contributed by atoms with Gasteiger partial charge in [0.05, 0.1) is 22.9 Å². The van der Waals surface area contributed by atoms with Crippen LogP contribution in [0.5, 0.6) is 0 Å². The molecular formula is C22H29N3O5S. The Morgan fingerprint density at radius 2 is 1.68 bits per heavy atom. The van der Waals surface area contributed by atoms with Crippen molar-refractivity contribution in [3.05, 3.63) is 69.8 Å². The third kappa shape index (κ3) is 6.04. The molecule has 0 fully saturated rings. The minimum absolute atomic E-state index is 0.00775. The fraction of sp³-hybridized carbons (Fsp3) is 0.409. The van der Waals surface area contributed by atoms with Crippen LogP contribution in [0.25, 0.3) is 0 Å². The van der Waals surface area contributed by atoms with Gasteiger partial charge in [0.25, 0.3) is 5.69 Å². The molecule has 0 aliphatic heterocycles. The average molecular weight is 448 g/mol. The van der Waals surface area contributed by atoms with Crippen LogP contribution in [0.2, 0.25) is 0 Å². The minimum atomic E-state index is -3.88. The Hall–Kier alpha value is -2.94. The Morgan fingerprint density at radius 1 is 1.10 bits per heavy atom. The third-order valence-electron chi connectivity index (χ3n) is 5.02. The number of sulfonamides is 1. The molecule has 2 rings (SSSR count). The molecule has 0 saturated carbocycles. The number of hydrogen-bond acceptors (Lipinski definition) is 5. The van der Waals surface area contributed by atoms with Crippen molar-refractivity contribution in [1.82, 2.24) is 5.32 Å². The molecule has 0 saturated heterocycles. The van der Waals surface area contributed by atoms with E-state index in [2.05, 4.69) is 26.1 Å². The Morgan fingerprint density at radius 3 is 2.16 bits per heavy atom. The summed E-state index contributed by atoms with van der Waals surface area (Å²) in [7, 11) is -3.88. The van der Waals surface area contributed by atoms with Crippen LogP contribution in [0.4, 0.5) is 11.4 Å². The van der Waals surface area contributed by atoms with Gasteiger partial charge in [0.15, 0.2) is 0 Å². The molecule has 0 aliphatic rings. The van der Waals surface area contributed by atoms with Gasteiger partial charge in [-0.25, -0.2) is 8.42 Å². The highest BCUT2D eigenvalue weighted by molar-refractivity contribution is 7.92. The second-order valence-electron chi connectivity index (χ2n) is 8.61. The zero-order valence-electron chi connectivity index (χ0n) is 18.6. The van der Waals surface area contributed by atoms with Crippen LogP contribution >= 0.6 is 0 Å². The Kier molecular flexibility index (Phi) is 7.10. The van der Waals surface area contributed by atoms with Crippen LogP contribution in [0, 0.1) is 10.1 Å². The van der Waals surface area contributed by atoms with Crippen molar-refractivity contribution in [3.63, 3.8) is 0 Å². The quantitative estimate of drug-likeness (QED) is 0.511. The Balaban J connectivity index is 2.26. The molecule has 31 heavy (non-hydrogen) atoms. The molecule has 168 valence electrons. The van der Waals surface area contributed by atoms with Gasteiger partial charge in [0, 0.05) is 12.1 Å². The number of carbonyl (C=O) groups is 1. The molecule has 2 atom stereocenters. The molecule has 8 nitrogen and oxygen atoms in total. The summed E-state index contributed by atoms with van der Waals surface area (Å²) in [5.41, 5.74) is 1.85. The lowest BCUT2D eigenvalue weighted by atomic mass is 9.86. The van der Waals surface area contributed by atoms with E-state index in [1.54, 1.807) is 0 Å². The summed E-state index contributed by atoms with van der Waals surface area (Å²) in [5, 5.41) is 13.9. The smallest absolute Gasteiger partial charge is 0.271 e. The number of hydrogen-bond donors (Lipinski definition) is 1. The summed E-state index contributed by atoms with van der Waals surface area (Å²) in [5.74, 6) is -0.510. The first-order valence-corrected chi connectivity index (χ1v) is 11.7. The van der Waals surface area contributed by atoms with Gasteiger partial charge in [-0.05, 0) is 36.5 Å². The molecule has 2 aromatic carbocycles. The number of non-ortho nitro benzene ring substituents is 1. The van der Waals surface area contributed by atoms with Crippen molar-refractivity contribution in [2.45, 2.75) is 52.1 Å². The molecule has 0 spiro atoms. The minimum Gasteiger partial charge on any atom is -0.348 e. The number of nitro benzene ring substituents is 1. The third-order valence-corrected chi connectivity index (χ3v) is 6.26. The highest BCUT2D eigenvalue weighted by atomic mass is 32.2. The summed E-state index contributed by atoms with van der Waals surface area (Å²) in [6, 6.07) is 11.6. The van der Waals surface area contributed by atoms with Gasteiger partial charge in [-0.2, -0.15) is 0 Å². The summed E-state index contributed by atoms with van der Waals surface area (Å²) in [4.78, 5) is 23.3. The molecule has 0 aromatic heterocycles. The first kappa shape index (κ1) is 24.3. The second-order valence-corrected chi connectivity index (χ2v) is 10.5. The maximum absolute atomic E-state index is 12.9. The zero-order valence-corrected chi connectivity index (χ0v) is 19.4. The van der Waals surface area contributed by atoms with Gasteiger partial charge in [-0.15, -0.1) is 0 Å². The van der Waals surface area contributed by atoms with E-state index in [-0.39, 0.29) is 22.8 Å². The number of nitrogens with one attached hydrogen (secondary N) is 1. The van der Waals surface area contributed by atoms with Gasteiger partial charge < -0.3 is 5.32 Å². The van der Waals surface area contributed by atoms with Crippen LogP contribution in [-0.2, 0) is 20.2 Å². The lowest BCUT2D eigenvalue weighted by Crippen LogP contribution is -2.48. The van der Waals surface area contributed by atoms with E-state index in [4.69, 9.17) is 0 Å². The number of rotatable bonds is 7. The number of nitro groups is 1. The predicted octanol–water partition coefficient (Wildman–Crippen LogP) is 3.92. The summed E-state index contributed by atoms with van der Waals surface area (Å²) in [6.45, 7) is 9.60. The summed E-state index contributed by atoms with van der Waals surface area (Å²) < 4.78 is 25.7. The summed E-state index contributed by atoms with van der Waals surface area (Å²) in [6.07, 6.45) is 0.963. The van der Waals surface area contributed by atoms with Crippen molar-refractivity contribution < 1.29 is 18.1 Å². The van der Waals surface area contributed by atoms with Gasteiger partial charge in [0.2, 0.25) is 15.9 Å². The number of carbonyl (C=O) groups excluding carboxylic acids is 1. The molecule has 1 N–H and O–H groups in total. The lowest BCUT2D eigenvalue weighted by molar-refractivity contribution is -0.384. The fourth-order valence-electron chi connectivity index (χ4n) is 3.24. The van der Waals surface area contributed by atoms with Crippen molar-refractivity contribution >= 4 is 27.3 Å². The van der Waals surface area contributed by atoms with Crippen molar-refractivity contribution in [2.24, 2.45) is 0 Å². The van der Waals surface area contributed by atoms with Gasteiger partial charge in [-0.1, -0.05) is 51.1 Å². The lowest BCUT2D eigenvalue weighted by Gasteiger charge is -2.29. The van der Waals surface area contributed by atoms with Crippen molar-refractivity contribution in [3.8, 4) is 0 Å². The molecule has 9 heteroatoms. The van der Waals surface area contributed by atoms with E-state index < -0.39 is 26.9 Å². The number of amides is 1. The van der Waals surface area contributed by atoms with Crippen molar-refractivity contribution in [2.75, 3.05) is 10.6 Å². The first-order chi connectivity index (χ1) is 14.2. The van der Waals surface area contributed by atoms with Gasteiger partial charge in [-0.3, -0.25) is 19.2 Å². The van der Waals surface area contributed by atoms with Crippen LogP contribution in [0.1, 0.15) is 51.8 Å². The first-order valence-electron chi connectivity index (χ1n) is 9.86. The maximum atomic E-state index is 12.9. The van der Waals surface area contributed by atoms with E-state index in [1.807, 2.05) is 31.2 Å². The van der Waals surface area contributed by atoms with Crippen LogP contribution in [0.3, 0.4) is 0 Å². The molecule has 0 bridgehead atoms. The molecule has 0 heterocycles. The van der Waals surface area contributed by atoms with Gasteiger partial charge >= 0.3 is 0 Å². The normalized spacial score (nSPS) is 13.9. The van der Waals surface area contributed by atoms with Crippen molar-refractivity contribution in [1.29, 1.82) is 0 Å². The zero-order chi connectivity index (χ0) is 23.6. The highest BCUT2D eigenvalue weighted by Gasteiger charge is 2.30. The monoisotopic (exact) mass is 447 g/mol. The van der Waals surface area contributed by atoms with Crippen LogP contribution in [-0.4, -0.2) is 31.5 Å². The van der Waals surface area contributed by atoms with Gasteiger partial charge in [0.1, 0.15) is 6.04 Å². The number of benzene rings is 2. The van der Waals surface area contributed by atoms with E-state index in [1.165, 1.54) is 25.1 Å².